The van der Waals surface area contributed by atoms with Gasteiger partial charge in [-0.1, -0.05) is 28.1 Å². The number of hydrogen-bond donors (Lipinski definition) is 1. The third-order valence-electron chi connectivity index (χ3n) is 2.60. The van der Waals surface area contributed by atoms with Crippen LogP contribution in [0.3, 0.4) is 0 Å². The van der Waals surface area contributed by atoms with Crippen molar-refractivity contribution in [1.82, 2.24) is 10.3 Å². The molecule has 2 aromatic rings. The first-order chi connectivity index (χ1) is 8.15. The molecule has 1 heterocycles. The zero-order valence-electron chi connectivity index (χ0n) is 9.90. The molecule has 0 fully saturated rings. The average molecular weight is 311 g/mol. The number of thiazole rings is 1. The number of nitrogens with zero attached hydrogens (tertiary/aromatic N) is 1. The summed E-state index contributed by atoms with van der Waals surface area (Å²) in [5.41, 5.74) is 2.39. The maximum Gasteiger partial charge on any atom is 0.107 e. The summed E-state index contributed by atoms with van der Waals surface area (Å²) in [7, 11) is 0. The Balaban J connectivity index is 1.93. The quantitative estimate of drug-likeness (QED) is 0.921. The Morgan fingerprint density at radius 3 is 2.65 bits per heavy atom. The molecule has 4 heteroatoms. The molecule has 90 valence electrons. The fourth-order valence-corrected chi connectivity index (χ4v) is 2.58. The lowest BCUT2D eigenvalue weighted by molar-refractivity contribution is 0.573. The minimum Gasteiger partial charge on any atom is -0.304 e. The lowest BCUT2D eigenvalue weighted by atomic mass is 10.1. The predicted molar refractivity (Wildman–Crippen MR) is 76.2 cm³/mol. The molecule has 0 spiro atoms. The monoisotopic (exact) mass is 310 g/mol. The van der Waals surface area contributed by atoms with Gasteiger partial charge in [0.2, 0.25) is 0 Å². The Morgan fingerprint density at radius 2 is 2.06 bits per heavy atom. The van der Waals surface area contributed by atoms with E-state index in [1.54, 1.807) is 11.3 Å². The number of nitrogens with one attached hydrogen (secondary N) is 1. The highest BCUT2D eigenvalue weighted by atomic mass is 79.9. The second-order valence-corrected chi connectivity index (χ2v) is 5.90. The maximum atomic E-state index is 4.44. The standard InChI is InChI=1S/C13H15BrN2S/c1-9-8-17-13(16-9)7-15-10(2)11-3-5-12(14)6-4-11/h3-6,8,10,15H,7H2,1-2H3. The van der Waals surface area contributed by atoms with Gasteiger partial charge < -0.3 is 5.32 Å². The van der Waals surface area contributed by atoms with E-state index >= 15 is 0 Å². The lowest BCUT2D eigenvalue weighted by Gasteiger charge is -2.13. The summed E-state index contributed by atoms with van der Waals surface area (Å²) in [6.07, 6.45) is 0. The van der Waals surface area contributed by atoms with Gasteiger partial charge in [0.25, 0.3) is 0 Å². The van der Waals surface area contributed by atoms with Crippen molar-refractivity contribution in [1.29, 1.82) is 0 Å². The highest BCUT2D eigenvalue weighted by molar-refractivity contribution is 9.10. The first-order valence-electron chi connectivity index (χ1n) is 5.55. The molecule has 2 nitrogen and oxygen atoms in total. The number of aryl methyl sites for hydroxylation is 1. The smallest absolute Gasteiger partial charge is 0.107 e. The molecule has 17 heavy (non-hydrogen) atoms. The molecule has 0 aliphatic carbocycles. The highest BCUT2D eigenvalue weighted by Gasteiger charge is 2.05. The van der Waals surface area contributed by atoms with Gasteiger partial charge in [-0.3, -0.25) is 0 Å². The Hall–Kier alpha value is -0.710. The minimum absolute atomic E-state index is 0.340. The fraction of sp³-hybridized carbons (Fsp3) is 0.308. The molecule has 1 aromatic heterocycles. The summed E-state index contributed by atoms with van der Waals surface area (Å²) in [4.78, 5) is 4.44. The second-order valence-electron chi connectivity index (χ2n) is 4.04. The molecule has 0 saturated carbocycles. The van der Waals surface area contributed by atoms with Crippen LogP contribution in [-0.4, -0.2) is 4.98 Å². The molecule has 0 aliphatic heterocycles. The Kier molecular flexibility index (Phi) is 4.31. The van der Waals surface area contributed by atoms with Crippen LogP contribution in [0.4, 0.5) is 0 Å². The van der Waals surface area contributed by atoms with E-state index in [2.05, 4.69) is 62.8 Å². The Labute approximate surface area is 114 Å². The van der Waals surface area contributed by atoms with Crippen LogP contribution in [0.2, 0.25) is 0 Å². The summed E-state index contributed by atoms with van der Waals surface area (Å²) < 4.78 is 1.11. The van der Waals surface area contributed by atoms with Gasteiger partial charge in [0, 0.05) is 28.1 Å². The van der Waals surface area contributed by atoms with Gasteiger partial charge in [-0.2, -0.15) is 0 Å². The van der Waals surface area contributed by atoms with Gasteiger partial charge in [-0.15, -0.1) is 11.3 Å². The van der Waals surface area contributed by atoms with E-state index in [-0.39, 0.29) is 0 Å². The summed E-state index contributed by atoms with van der Waals surface area (Å²) in [6, 6.07) is 8.75. The van der Waals surface area contributed by atoms with Crippen molar-refractivity contribution in [3.63, 3.8) is 0 Å². The van der Waals surface area contributed by atoms with Crippen LogP contribution in [-0.2, 0) is 6.54 Å². The average Bonchev–Trinajstić information content (AvgIpc) is 2.73. The molecule has 1 aromatic carbocycles. The zero-order valence-corrected chi connectivity index (χ0v) is 12.3. The van der Waals surface area contributed by atoms with Gasteiger partial charge in [0.15, 0.2) is 0 Å². The minimum atomic E-state index is 0.340. The largest absolute Gasteiger partial charge is 0.304 e. The van der Waals surface area contributed by atoms with E-state index < -0.39 is 0 Å². The molecule has 0 aliphatic rings. The van der Waals surface area contributed by atoms with Gasteiger partial charge in [-0.05, 0) is 31.5 Å². The van der Waals surface area contributed by atoms with Crippen LogP contribution in [0.15, 0.2) is 34.1 Å². The van der Waals surface area contributed by atoms with Gasteiger partial charge >= 0.3 is 0 Å². The van der Waals surface area contributed by atoms with Crippen molar-refractivity contribution >= 4 is 27.3 Å². The highest BCUT2D eigenvalue weighted by Crippen LogP contribution is 2.17. The van der Waals surface area contributed by atoms with E-state index in [1.165, 1.54) is 5.56 Å². The van der Waals surface area contributed by atoms with Gasteiger partial charge in [0.05, 0.1) is 0 Å². The number of halogens is 1. The van der Waals surface area contributed by atoms with E-state index in [0.29, 0.717) is 6.04 Å². The summed E-state index contributed by atoms with van der Waals surface area (Å²) >= 11 is 5.15. The third-order valence-corrected chi connectivity index (χ3v) is 4.09. The van der Waals surface area contributed by atoms with Crippen LogP contribution in [0.5, 0.6) is 0 Å². The fourth-order valence-electron chi connectivity index (χ4n) is 1.59. The van der Waals surface area contributed by atoms with E-state index in [1.807, 2.05) is 6.92 Å². The predicted octanol–water partition coefficient (Wildman–Crippen LogP) is 4.06. The molecule has 0 saturated heterocycles. The van der Waals surface area contributed by atoms with Gasteiger partial charge in [0.1, 0.15) is 5.01 Å². The summed E-state index contributed by atoms with van der Waals surface area (Å²) in [5, 5.41) is 6.71. The number of aromatic nitrogens is 1. The van der Waals surface area contributed by atoms with Crippen molar-refractivity contribution in [2.24, 2.45) is 0 Å². The van der Waals surface area contributed by atoms with Crippen LogP contribution in [0.25, 0.3) is 0 Å². The SMILES string of the molecule is Cc1csc(CNC(C)c2ccc(Br)cc2)n1. The summed E-state index contributed by atoms with van der Waals surface area (Å²) in [5.74, 6) is 0. The van der Waals surface area contributed by atoms with Crippen LogP contribution in [0.1, 0.15) is 29.2 Å². The summed E-state index contributed by atoms with van der Waals surface area (Å²) in [6.45, 7) is 5.03. The van der Waals surface area contributed by atoms with Crippen LogP contribution >= 0.6 is 27.3 Å². The van der Waals surface area contributed by atoms with Gasteiger partial charge in [-0.25, -0.2) is 4.98 Å². The van der Waals surface area contributed by atoms with Crippen LogP contribution < -0.4 is 5.32 Å². The number of hydrogen-bond acceptors (Lipinski definition) is 3. The molecule has 0 radical (unpaired) electrons. The van der Waals surface area contributed by atoms with E-state index in [4.69, 9.17) is 0 Å². The molecular weight excluding hydrogens is 296 g/mol. The number of benzene rings is 1. The van der Waals surface area contributed by atoms with E-state index in [9.17, 15) is 0 Å². The first-order valence-corrected chi connectivity index (χ1v) is 7.22. The Morgan fingerprint density at radius 1 is 1.35 bits per heavy atom. The maximum absolute atomic E-state index is 4.44. The Bertz CT molecular complexity index is 478. The second kappa shape index (κ2) is 5.76. The van der Waals surface area contributed by atoms with Crippen molar-refractivity contribution in [2.45, 2.75) is 26.4 Å². The normalized spacial score (nSPS) is 12.6. The van der Waals surface area contributed by atoms with Crippen LogP contribution in [0, 0.1) is 6.92 Å². The molecule has 1 N–H and O–H groups in total. The molecular formula is C13H15BrN2S. The number of rotatable bonds is 4. The molecule has 0 amide bonds. The first kappa shape index (κ1) is 12.7. The van der Waals surface area contributed by atoms with Crippen molar-refractivity contribution < 1.29 is 0 Å². The van der Waals surface area contributed by atoms with Crippen molar-refractivity contribution in [2.75, 3.05) is 0 Å². The topological polar surface area (TPSA) is 24.9 Å². The zero-order chi connectivity index (χ0) is 12.3. The molecule has 1 atom stereocenters. The molecule has 2 rings (SSSR count). The van der Waals surface area contributed by atoms with E-state index in [0.717, 1.165) is 21.7 Å². The third kappa shape index (κ3) is 3.63. The molecule has 1 unspecified atom stereocenters. The lowest BCUT2D eigenvalue weighted by Crippen LogP contribution is -2.17. The molecule has 0 bridgehead atoms. The van der Waals surface area contributed by atoms with Crippen molar-refractivity contribution in [3.8, 4) is 0 Å². The van der Waals surface area contributed by atoms with Crippen molar-refractivity contribution in [3.05, 3.63) is 50.4 Å².